The molecule has 1 aromatic heterocycles. The summed E-state index contributed by atoms with van der Waals surface area (Å²) in [7, 11) is 0. The van der Waals surface area contributed by atoms with Gasteiger partial charge in [0.1, 0.15) is 6.07 Å². The molecule has 2 heterocycles. The molecule has 0 amide bonds. The van der Waals surface area contributed by atoms with Gasteiger partial charge in [0, 0.05) is 19.3 Å². The van der Waals surface area contributed by atoms with Gasteiger partial charge < -0.3 is 14.2 Å². The van der Waals surface area contributed by atoms with Crippen molar-refractivity contribution in [1.29, 1.82) is 5.26 Å². The normalized spacial score (nSPS) is 13.9. The molecule has 6 heteroatoms. The van der Waals surface area contributed by atoms with Crippen LogP contribution < -0.4 is 9.21 Å². The van der Waals surface area contributed by atoms with Gasteiger partial charge in [-0.15, -0.1) is 0 Å². The third kappa shape index (κ3) is 3.19. The number of benzene rings is 2. The third-order valence-corrected chi connectivity index (χ3v) is 5.33. The highest BCUT2D eigenvalue weighted by molar-refractivity contribution is 8.00. The van der Waals surface area contributed by atoms with E-state index < -0.39 is 0 Å². The summed E-state index contributed by atoms with van der Waals surface area (Å²) in [6, 6.07) is 18.5. The number of hydrogen-bond donors (Lipinski definition) is 1. The van der Waals surface area contributed by atoms with Crippen LogP contribution in [-0.2, 0) is 6.54 Å². The van der Waals surface area contributed by atoms with Crippen LogP contribution in [0, 0.1) is 11.3 Å². The molecule has 0 saturated carbocycles. The van der Waals surface area contributed by atoms with Crippen LogP contribution in [0.2, 0.25) is 0 Å². The number of hydrogen-bond acceptors (Lipinski definition) is 5. The Bertz CT molecular complexity index is 900. The van der Waals surface area contributed by atoms with Gasteiger partial charge >= 0.3 is 0 Å². The van der Waals surface area contributed by atoms with Crippen molar-refractivity contribution < 1.29 is 0 Å². The Labute approximate surface area is 151 Å². The van der Waals surface area contributed by atoms with Crippen LogP contribution in [-0.4, -0.2) is 23.1 Å². The molecule has 124 valence electrons. The highest BCUT2D eigenvalue weighted by Gasteiger charge is 2.22. The number of rotatable bonds is 3. The molecule has 1 aliphatic rings. The third-order valence-electron chi connectivity index (χ3n) is 4.19. The first-order chi connectivity index (χ1) is 12.3. The van der Waals surface area contributed by atoms with Crippen LogP contribution >= 0.6 is 11.9 Å². The van der Waals surface area contributed by atoms with Crippen LogP contribution in [0.1, 0.15) is 11.3 Å². The van der Waals surface area contributed by atoms with Crippen molar-refractivity contribution in [3.63, 3.8) is 0 Å². The summed E-state index contributed by atoms with van der Waals surface area (Å²) in [5.41, 5.74) is 3.89. The quantitative estimate of drug-likeness (QED) is 0.730. The molecular formula is C19H17N5S. The maximum atomic E-state index is 9.43. The van der Waals surface area contributed by atoms with Crippen molar-refractivity contribution in [2.45, 2.75) is 11.4 Å². The first-order valence-corrected chi connectivity index (χ1v) is 8.89. The lowest BCUT2D eigenvalue weighted by molar-refractivity contribution is 0.779. The molecule has 25 heavy (non-hydrogen) atoms. The molecule has 1 aliphatic heterocycles. The molecule has 5 nitrogen and oxygen atoms in total. The van der Waals surface area contributed by atoms with Crippen LogP contribution in [0.25, 0.3) is 0 Å². The number of fused-ring (bicyclic) bond motifs is 1. The van der Waals surface area contributed by atoms with E-state index >= 15 is 0 Å². The maximum absolute atomic E-state index is 9.43. The first kappa shape index (κ1) is 15.6. The summed E-state index contributed by atoms with van der Waals surface area (Å²) >= 11 is 1.69. The molecule has 0 aliphatic carbocycles. The molecule has 3 aromatic rings. The second kappa shape index (κ2) is 6.91. The number of anilines is 2. The fourth-order valence-corrected chi connectivity index (χ4v) is 4.08. The van der Waals surface area contributed by atoms with Crippen molar-refractivity contribution in [3.8, 4) is 6.07 Å². The van der Waals surface area contributed by atoms with Gasteiger partial charge in [0.25, 0.3) is 0 Å². The molecule has 1 N–H and O–H groups in total. The molecule has 0 saturated heterocycles. The standard InChI is InChI=1S/C19H17N5S/c20-11-15-5-1-2-6-17(15)24-10-9-23(13-16-12-21-14-22-16)18-7-3-4-8-19(18)25-24/h1-8,12,14H,9-10,13H2,(H,21,22). The number of nitrogens with zero attached hydrogens (tertiary/aromatic N) is 4. The number of aromatic nitrogens is 2. The lowest BCUT2D eigenvalue weighted by Gasteiger charge is -2.24. The Morgan fingerprint density at radius 1 is 1.08 bits per heavy atom. The Morgan fingerprint density at radius 3 is 2.68 bits per heavy atom. The number of imidazole rings is 1. The topological polar surface area (TPSA) is 59.0 Å². The largest absolute Gasteiger partial charge is 0.363 e. The predicted octanol–water partition coefficient (Wildman–Crippen LogP) is 3.82. The van der Waals surface area contributed by atoms with Crippen LogP contribution in [0.5, 0.6) is 0 Å². The molecule has 0 atom stereocenters. The van der Waals surface area contributed by atoms with Gasteiger partial charge in [0.05, 0.1) is 40.4 Å². The summed E-state index contributed by atoms with van der Waals surface area (Å²) in [6.07, 6.45) is 3.65. The van der Waals surface area contributed by atoms with Crippen molar-refractivity contribution >= 4 is 23.3 Å². The lowest BCUT2D eigenvalue weighted by Crippen LogP contribution is -2.30. The van der Waals surface area contributed by atoms with E-state index in [1.54, 1.807) is 18.3 Å². The molecule has 2 aromatic carbocycles. The van der Waals surface area contributed by atoms with E-state index in [0.717, 1.165) is 31.0 Å². The van der Waals surface area contributed by atoms with Crippen molar-refractivity contribution in [1.82, 2.24) is 9.97 Å². The molecule has 0 fully saturated rings. The zero-order valence-corrected chi connectivity index (χ0v) is 14.4. The van der Waals surface area contributed by atoms with E-state index in [9.17, 15) is 5.26 Å². The summed E-state index contributed by atoms with van der Waals surface area (Å²) in [4.78, 5) is 10.9. The number of aromatic amines is 1. The monoisotopic (exact) mass is 347 g/mol. The highest BCUT2D eigenvalue weighted by atomic mass is 32.2. The van der Waals surface area contributed by atoms with Crippen molar-refractivity contribution in [3.05, 3.63) is 72.3 Å². The minimum atomic E-state index is 0.702. The Kier molecular flexibility index (Phi) is 4.32. The molecule has 0 bridgehead atoms. The summed E-state index contributed by atoms with van der Waals surface area (Å²) in [6.45, 7) is 2.44. The van der Waals surface area contributed by atoms with E-state index in [4.69, 9.17) is 0 Å². The van der Waals surface area contributed by atoms with Gasteiger partial charge in [-0.2, -0.15) is 5.26 Å². The van der Waals surface area contributed by atoms with Gasteiger partial charge in [-0.05, 0) is 36.2 Å². The lowest BCUT2D eigenvalue weighted by atomic mass is 10.2. The van der Waals surface area contributed by atoms with Crippen molar-refractivity contribution in [2.24, 2.45) is 0 Å². The molecular weight excluding hydrogens is 330 g/mol. The van der Waals surface area contributed by atoms with E-state index in [1.807, 2.05) is 30.5 Å². The predicted molar refractivity (Wildman–Crippen MR) is 100 cm³/mol. The van der Waals surface area contributed by atoms with Gasteiger partial charge in [-0.1, -0.05) is 24.3 Å². The average molecular weight is 347 g/mol. The minimum absolute atomic E-state index is 0.702. The second-order valence-corrected chi connectivity index (χ2v) is 6.84. The number of para-hydroxylation sites is 2. The van der Waals surface area contributed by atoms with E-state index in [-0.39, 0.29) is 0 Å². The second-order valence-electron chi connectivity index (χ2n) is 5.77. The van der Waals surface area contributed by atoms with E-state index in [1.165, 1.54) is 10.6 Å². The number of H-pyrrole nitrogens is 1. The van der Waals surface area contributed by atoms with Gasteiger partial charge in [0.15, 0.2) is 0 Å². The first-order valence-electron chi connectivity index (χ1n) is 8.11. The fourth-order valence-electron chi connectivity index (χ4n) is 2.98. The Morgan fingerprint density at radius 2 is 1.88 bits per heavy atom. The number of nitriles is 1. The zero-order valence-electron chi connectivity index (χ0n) is 13.6. The Hall–Kier alpha value is -2.91. The smallest absolute Gasteiger partial charge is 0.101 e. The summed E-state index contributed by atoms with van der Waals surface area (Å²) in [5, 5.41) is 9.43. The van der Waals surface area contributed by atoms with Gasteiger partial charge in [0.2, 0.25) is 0 Å². The van der Waals surface area contributed by atoms with Crippen LogP contribution in [0.4, 0.5) is 11.4 Å². The average Bonchev–Trinajstić information content (AvgIpc) is 3.10. The summed E-state index contributed by atoms with van der Waals surface area (Å²) in [5.74, 6) is 0. The van der Waals surface area contributed by atoms with Gasteiger partial charge in [-0.25, -0.2) is 4.98 Å². The Balaban J connectivity index is 1.68. The van der Waals surface area contributed by atoms with Gasteiger partial charge in [-0.3, -0.25) is 0 Å². The van der Waals surface area contributed by atoms with Crippen LogP contribution in [0.3, 0.4) is 0 Å². The highest BCUT2D eigenvalue weighted by Crippen LogP contribution is 2.39. The van der Waals surface area contributed by atoms with E-state index in [2.05, 4.69) is 49.5 Å². The molecule has 0 radical (unpaired) electrons. The van der Waals surface area contributed by atoms with E-state index in [0.29, 0.717) is 5.56 Å². The van der Waals surface area contributed by atoms with Crippen LogP contribution in [0.15, 0.2) is 66.0 Å². The molecule has 0 unspecified atom stereocenters. The minimum Gasteiger partial charge on any atom is -0.363 e. The fraction of sp³-hybridized carbons (Fsp3) is 0.158. The number of nitrogens with one attached hydrogen (secondary N) is 1. The SMILES string of the molecule is N#Cc1ccccc1N1CCN(Cc2c[nH]cn2)c2ccccc2S1. The molecule has 4 rings (SSSR count). The van der Waals surface area contributed by atoms with Crippen molar-refractivity contribution in [2.75, 3.05) is 22.3 Å². The summed E-state index contributed by atoms with van der Waals surface area (Å²) < 4.78 is 2.21. The zero-order chi connectivity index (χ0) is 17.1. The maximum Gasteiger partial charge on any atom is 0.101 e. The molecule has 0 spiro atoms.